The molecule has 0 atom stereocenters. The first kappa shape index (κ1) is 16.7. The fraction of sp³-hybridized carbons (Fsp3) is 0.611. The van der Waals surface area contributed by atoms with E-state index in [2.05, 4.69) is 34.7 Å². The van der Waals surface area contributed by atoms with Crippen molar-refractivity contribution in [2.45, 2.75) is 39.0 Å². The SMILES string of the molecule is CN=C(NCCc1ccc(OC)cc1)NCC1(C)CCCC1. The molecule has 0 spiro atoms. The fourth-order valence-electron chi connectivity index (χ4n) is 3.04. The van der Waals surface area contributed by atoms with E-state index >= 15 is 0 Å². The Morgan fingerprint density at radius 3 is 2.45 bits per heavy atom. The molecule has 1 fully saturated rings. The summed E-state index contributed by atoms with van der Waals surface area (Å²) >= 11 is 0. The molecule has 1 saturated carbocycles. The summed E-state index contributed by atoms with van der Waals surface area (Å²) in [4.78, 5) is 4.31. The minimum atomic E-state index is 0.438. The van der Waals surface area contributed by atoms with Crippen LogP contribution in [0.5, 0.6) is 5.75 Å². The number of guanidine groups is 1. The minimum absolute atomic E-state index is 0.438. The van der Waals surface area contributed by atoms with E-state index in [1.807, 2.05) is 19.2 Å². The van der Waals surface area contributed by atoms with Crippen molar-refractivity contribution in [3.63, 3.8) is 0 Å². The number of rotatable bonds is 6. The van der Waals surface area contributed by atoms with Gasteiger partial charge in [0.2, 0.25) is 0 Å². The van der Waals surface area contributed by atoms with Gasteiger partial charge in [0.15, 0.2) is 5.96 Å². The van der Waals surface area contributed by atoms with E-state index in [0.29, 0.717) is 5.41 Å². The molecule has 1 aromatic rings. The number of ether oxygens (including phenoxy) is 1. The van der Waals surface area contributed by atoms with Gasteiger partial charge in [-0.2, -0.15) is 0 Å². The summed E-state index contributed by atoms with van der Waals surface area (Å²) in [6.45, 7) is 4.26. The average Bonchev–Trinajstić information content (AvgIpc) is 2.98. The summed E-state index contributed by atoms with van der Waals surface area (Å²) in [7, 11) is 3.52. The molecule has 1 aliphatic rings. The molecular formula is C18H29N3O. The Morgan fingerprint density at radius 1 is 1.18 bits per heavy atom. The van der Waals surface area contributed by atoms with Crippen LogP contribution in [0.4, 0.5) is 0 Å². The van der Waals surface area contributed by atoms with Crippen molar-refractivity contribution in [1.29, 1.82) is 0 Å². The lowest BCUT2D eigenvalue weighted by molar-refractivity contribution is 0.334. The Balaban J connectivity index is 1.71. The number of aliphatic imine (C=N–C) groups is 1. The fourth-order valence-corrected chi connectivity index (χ4v) is 3.04. The van der Waals surface area contributed by atoms with Crippen LogP contribution < -0.4 is 15.4 Å². The van der Waals surface area contributed by atoms with E-state index in [1.54, 1.807) is 7.11 Å². The van der Waals surface area contributed by atoms with Crippen molar-refractivity contribution < 1.29 is 4.74 Å². The van der Waals surface area contributed by atoms with Gasteiger partial charge in [-0.25, -0.2) is 0 Å². The summed E-state index contributed by atoms with van der Waals surface area (Å²) in [6, 6.07) is 8.22. The minimum Gasteiger partial charge on any atom is -0.497 e. The smallest absolute Gasteiger partial charge is 0.191 e. The van der Waals surface area contributed by atoms with Gasteiger partial charge >= 0.3 is 0 Å². The second kappa shape index (κ2) is 8.06. The van der Waals surface area contributed by atoms with Crippen molar-refractivity contribution in [3.05, 3.63) is 29.8 Å². The lowest BCUT2D eigenvalue weighted by atomic mass is 9.89. The second-order valence-electron chi connectivity index (χ2n) is 6.47. The summed E-state index contributed by atoms with van der Waals surface area (Å²) in [5, 5.41) is 6.87. The number of nitrogens with one attached hydrogen (secondary N) is 2. The summed E-state index contributed by atoms with van der Waals surface area (Å²) in [5.41, 5.74) is 1.74. The molecule has 0 radical (unpaired) electrons. The number of hydrogen-bond donors (Lipinski definition) is 2. The quantitative estimate of drug-likeness (QED) is 0.627. The maximum absolute atomic E-state index is 5.17. The highest BCUT2D eigenvalue weighted by Crippen LogP contribution is 2.36. The average molecular weight is 303 g/mol. The molecule has 0 aliphatic heterocycles. The molecule has 0 saturated heterocycles. The Hall–Kier alpha value is -1.71. The van der Waals surface area contributed by atoms with Crippen molar-refractivity contribution in [1.82, 2.24) is 10.6 Å². The number of hydrogen-bond acceptors (Lipinski definition) is 2. The molecule has 1 aliphatic carbocycles. The monoisotopic (exact) mass is 303 g/mol. The molecule has 2 rings (SSSR count). The predicted molar refractivity (Wildman–Crippen MR) is 92.6 cm³/mol. The van der Waals surface area contributed by atoms with Crippen LogP contribution in [0.2, 0.25) is 0 Å². The van der Waals surface area contributed by atoms with Crippen LogP contribution in [0, 0.1) is 5.41 Å². The van der Waals surface area contributed by atoms with Gasteiger partial charge in [-0.05, 0) is 42.4 Å². The van der Waals surface area contributed by atoms with Crippen LogP contribution in [0.3, 0.4) is 0 Å². The molecule has 122 valence electrons. The van der Waals surface area contributed by atoms with Crippen LogP contribution in [0.25, 0.3) is 0 Å². The van der Waals surface area contributed by atoms with E-state index in [0.717, 1.165) is 31.2 Å². The first-order chi connectivity index (χ1) is 10.6. The highest BCUT2D eigenvalue weighted by Gasteiger charge is 2.28. The third-order valence-electron chi connectivity index (χ3n) is 4.58. The lowest BCUT2D eigenvalue weighted by Gasteiger charge is -2.25. The van der Waals surface area contributed by atoms with Gasteiger partial charge in [0.1, 0.15) is 5.75 Å². The zero-order valence-electron chi connectivity index (χ0n) is 14.1. The maximum atomic E-state index is 5.17. The molecule has 1 aromatic carbocycles. The van der Waals surface area contributed by atoms with Gasteiger partial charge in [-0.3, -0.25) is 4.99 Å². The normalized spacial score (nSPS) is 17.3. The first-order valence-electron chi connectivity index (χ1n) is 8.23. The highest BCUT2D eigenvalue weighted by atomic mass is 16.5. The lowest BCUT2D eigenvalue weighted by Crippen LogP contribution is -2.42. The molecule has 4 nitrogen and oxygen atoms in total. The third-order valence-corrected chi connectivity index (χ3v) is 4.58. The zero-order valence-corrected chi connectivity index (χ0v) is 14.1. The van der Waals surface area contributed by atoms with E-state index in [1.165, 1.54) is 31.2 Å². The van der Waals surface area contributed by atoms with Crippen molar-refractivity contribution in [2.75, 3.05) is 27.2 Å². The topological polar surface area (TPSA) is 45.7 Å². The molecule has 0 aromatic heterocycles. The molecule has 4 heteroatoms. The molecule has 0 unspecified atom stereocenters. The van der Waals surface area contributed by atoms with Crippen LogP contribution >= 0.6 is 0 Å². The Bertz CT molecular complexity index is 476. The highest BCUT2D eigenvalue weighted by molar-refractivity contribution is 5.79. The van der Waals surface area contributed by atoms with Crippen LogP contribution in [0.15, 0.2) is 29.3 Å². The molecule has 22 heavy (non-hydrogen) atoms. The van der Waals surface area contributed by atoms with Crippen molar-refractivity contribution in [2.24, 2.45) is 10.4 Å². The Labute approximate surface area is 134 Å². The van der Waals surface area contributed by atoms with Gasteiger partial charge < -0.3 is 15.4 Å². The second-order valence-corrected chi connectivity index (χ2v) is 6.47. The van der Waals surface area contributed by atoms with E-state index in [-0.39, 0.29) is 0 Å². The summed E-state index contributed by atoms with van der Waals surface area (Å²) in [6.07, 6.45) is 6.34. The third kappa shape index (κ3) is 4.93. The molecule has 0 amide bonds. The molecule has 2 N–H and O–H groups in total. The molecule has 0 bridgehead atoms. The predicted octanol–water partition coefficient (Wildman–Crippen LogP) is 2.98. The van der Waals surface area contributed by atoms with Gasteiger partial charge in [0, 0.05) is 20.1 Å². The summed E-state index contributed by atoms with van der Waals surface area (Å²) < 4.78 is 5.17. The number of benzene rings is 1. The van der Waals surface area contributed by atoms with Crippen molar-refractivity contribution in [3.8, 4) is 5.75 Å². The van der Waals surface area contributed by atoms with Gasteiger partial charge in [0.05, 0.1) is 7.11 Å². The maximum Gasteiger partial charge on any atom is 0.191 e. The number of nitrogens with zero attached hydrogens (tertiary/aromatic N) is 1. The van der Waals surface area contributed by atoms with E-state index in [4.69, 9.17) is 4.74 Å². The molecule has 0 heterocycles. The standard InChI is InChI=1S/C18H29N3O/c1-18(11-4-5-12-18)14-21-17(19-2)20-13-10-15-6-8-16(22-3)9-7-15/h6-9H,4-5,10-14H2,1-3H3,(H2,19,20,21). The number of methoxy groups -OCH3 is 1. The van der Waals surface area contributed by atoms with Crippen molar-refractivity contribution >= 4 is 5.96 Å². The van der Waals surface area contributed by atoms with E-state index < -0.39 is 0 Å². The van der Waals surface area contributed by atoms with Crippen LogP contribution in [0.1, 0.15) is 38.2 Å². The van der Waals surface area contributed by atoms with E-state index in [9.17, 15) is 0 Å². The largest absolute Gasteiger partial charge is 0.497 e. The van der Waals surface area contributed by atoms with Gasteiger partial charge in [0.25, 0.3) is 0 Å². The van der Waals surface area contributed by atoms with Crippen LogP contribution in [-0.2, 0) is 6.42 Å². The van der Waals surface area contributed by atoms with Gasteiger partial charge in [-0.1, -0.05) is 31.9 Å². The van der Waals surface area contributed by atoms with Gasteiger partial charge in [-0.15, -0.1) is 0 Å². The zero-order chi connectivity index (χ0) is 15.8. The molecular weight excluding hydrogens is 274 g/mol. The first-order valence-corrected chi connectivity index (χ1v) is 8.23. The van der Waals surface area contributed by atoms with Crippen LogP contribution in [-0.4, -0.2) is 33.2 Å². The Morgan fingerprint density at radius 2 is 1.86 bits per heavy atom. The Kier molecular flexibility index (Phi) is 6.10. The summed E-state index contributed by atoms with van der Waals surface area (Å²) in [5.74, 6) is 1.81.